The SMILES string of the molecule is C=C(C)CC(NNC(=C)CCCNc1cc(C)ccn1)c1ccc(-c2ccc(COCCCCC)c3ccccc23)cc1. The maximum absolute atomic E-state index is 6.01. The fraction of sp³-hybridized carbons (Fsp3) is 0.342. The fourth-order valence-electron chi connectivity index (χ4n) is 5.27. The molecule has 0 saturated heterocycles. The van der Waals surface area contributed by atoms with Gasteiger partial charge in [-0.1, -0.05) is 92.6 Å². The Morgan fingerprint density at radius 3 is 2.47 bits per heavy atom. The Morgan fingerprint density at radius 1 is 0.930 bits per heavy atom. The van der Waals surface area contributed by atoms with Crippen LogP contribution in [-0.2, 0) is 11.3 Å². The van der Waals surface area contributed by atoms with E-state index in [9.17, 15) is 0 Å². The van der Waals surface area contributed by atoms with Gasteiger partial charge in [-0.25, -0.2) is 10.4 Å². The van der Waals surface area contributed by atoms with Crippen molar-refractivity contribution in [3.63, 3.8) is 0 Å². The zero-order valence-electron chi connectivity index (χ0n) is 26.2. The second-order valence-corrected chi connectivity index (χ2v) is 11.5. The number of nitrogens with one attached hydrogen (secondary N) is 3. The molecular formula is C38H48N4O. The standard InChI is InChI=1S/C38H48N4O/c1-6-7-10-24-43-27-33-19-20-35(36-14-9-8-13-34(33)36)31-15-17-32(18-16-31)37(25-28(2)3)42-41-30(5)12-11-22-39-38-26-29(4)21-23-40-38/h8-9,13-21,23,26,37,41-42H,2,5-7,10-12,22,24-25,27H2,1,3-4H3,(H,39,40). The minimum atomic E-state index is 0.0851. The van der Waals surface area contributed by atoms with E-state index in [1.165, 1.54) is 51.4 Å². The molecule has 1 heterocycles. The fourth-order valence-corrected chi connectivity index (χ4v) is 5.27. The lowest BCUT2D eigenvalue weighted by Crippen LogP contribution is -2.34. The lowest BCUT2D eigenvalue weighted by Gasteiger charge is -2.22. The highest BCUT2D eigenvalue weighted by Crippen LogP contribution is 2.32. The van der Waals surface area contributed by atoms with Crippen LogP contribution in [0.25, 0.3) is 21.9 Å². The van der Waals surface area contributed by atoms with Gasteiger partial charge >= 0.3 is 0 Å². The molecule has 0 radical (unpaired) electrons. The van der Waals surface area contributed by atoms with Gasteiger partial charge in [0.25, 0.3) is 0 Å². The second kappa shape index (κ2) is 16.6. The average Bonchev–Trinajstić information content (AvgIpc) is 3.01. The molecule has 0 amide bonds. The van der Waals surface area contributed by atoms with E-state index in [-0.39, 0.29) is 6.04 Å². The number of hydrogen-bond acceptors (Lipinski definition) is 5. The number of anilines is 1. The van der Waals surface area contributed by atoms with Gasteiger partial charge in [0.1, 0.15) is 5.82 Å². The van der Waals surface area contributed by atoms with Gasteiger partial charge in [-0.3, -0.25) is 0 Å². The molecule has 1 aromatic heterocycles. The molecule has 226 valence electrons. The van der Waals surface area contributed by atoms with Crippen molar-refractivity contribution < 1.29 is 4.74 Å². The number of rotatable bonds is 18. The first kappa shape index (κ1) is 32.0. The van der Waals surface area contributed by atoms with Crippen molar-refractivity contribution in [1.29, 1.82) is 0 Å². The molecule has 0 aliphatic heterocycles. The van der Waals surface area contributed by atoms with E-state index in [2.05, 4.69) is 122 Å². The summed E-state index contributed by atoms with van der Waals surface area (Å²) in [4.78, 5) is 4.36. The maximum atomic E-state index is 6.01. The van der Waals surface area contributed by atoms with Crippen molar-refractivity contribution in [1.82, 2.24) is 15.8 Å². The Morgan fingerprint density at radius 2 is 1.72 bits per heavy atom. The van der Waals surface area contributed by atoms with Crippen molar-refractivity contribution in [2.75, 3.05) is 18.5 Å². The summed E-state index contributed by atoms with van der Waals surface area (Å²) in [5.74, 6) is 0.914. The van der Waals surface area contributed by atoms with Gasteiger partial charge in [-0.05, 0) is 90.3 Å². The van der Waals surface area contributed by atoms with E-state index >= 15 is 0 Å². The summed E-state index contributed by atoms with van der Waals surface area (Å²) in [6, 6.07) is 26.2. The summed E-state index contributed by atoms with van der Waals surface area (Å²) in [5.41, 5.74) is 15.1. The zero-order valence-corrected chi connectivity index (χ0v) is 26.2. The van der Waals surface area contributed by atoms with Crippen LogP contribution in [0.4, 0.5) is 5.82 Å². The van der Waals surface area contributed by atoms with E-state index in [1.54, 1.807) is 0 Å². The van der Waals surface area contributed by atoms with E-state index in [1.807, 2.05) is 12.3 Å². The summed E-state index contributed by atoms with van der Waals surface area (Å²) in [7, 11) is 0. The summed E-state index contributed by atoms with van der Waals surface area (Å²) in [6.07, 6.45) is 8.03. The topological polar surface area (TPSA) is 58.2 Å². The number of pyridine rings is 1. The highest BCUT2D eigenvalue weighted by molar-refractivity contribution is 5.98. The molecule has 0 fully saturated rings. The first-order chi connectivity index (χ1) is 20.9. The monoisotopic (exact) mass is 576 g/mol. The predicted molar refractivity (Wildman–Crippen MR) is 183 cm³/mol. The predicted octanol–water partition coefficient (Wildman–Crippen LogP) is 9.42. The Bertz CT molecular complexity index is 1480. The van der Waals surface area contributed by atoms with Crippen LogP contribution >= 0.6 is 0 Å². The van der Waals surface area contributed by atoms with Crippen LogP contribution in [0.3, 0.4) is 0 Å². The number of hydrazine groups is 1. The maximum Gasteiger partial charge on any atom is 0.126 e. The third kappa shape index (κ3) is 9.81. The molecule has 1 unspecified atom stereocenters. The molecule has 0 aliphatic carbocycles. The third-order valence-electron chi connectivity index (χ3n) is 7.64. The molecule has 3 aromatic carbocycles. The summed E-state index contributed by atoms with van der Waals surface area (Å²) < 4.78 is 6.01. The molecule has 4 rings (SSSR count). The van der Waals surface area contributed by atoms with Crippen LogP contribution in [0.5, 0.6) is 0 Å². The molecule has 0 saturated carbocycles. The molecule has 1 atom stereocenters. The highest BCUT2D eigenvalue weighted by atomic mass is 16.5. The van der Waals surface area contributed by atoms with Gasteiger partial charge in [-0.2, -0.15) is 0 Å². The van der Waals surface area contributed by atoms with Crippen molar-refractivity contribution in [2.45, 2.75) is 71.9 Å². The van der Waals surface area contributed by atoms with Crippen molar-refractivity contribution in [3.05, 3.63) is 120 Å². The third-order valence-corrected chi connectivity index (χ3v) is 7.64. The molecule has 0 aliphatic rings. The highest BCUT2D eigenvalue weighted by Gasteiger charge is 2.13. The lowest BCUT2D eigenvalue weighted by molar-refractivity contribution is 0.118. The Labute approximate surface area is 258 Å². The van der Waals surface area contributed by atoms with E-state index < -0.39 is 0 Å². The normalized spacial score (nSPS) is 11.8. The Balaban J connectivity index is 1.37. The summed E-state index contributed by atoms with van der Waals surface area (Å²) in [5, 5.41) is 5.90. The number of aryl methyl sites for hydroxylation is 1. The van der Waals surface area contributed by atoms with Gasteiger partial charge in [0.05, 0.1) is 12.6 Å². The molecule has 5 nitrogen and oxygen atoms in total. The summed E-state index contributed by atoms with van der Waals surface area (Å²) >= 11 is 0. The average molecular weight is 577 g/mol. The molecular weight excluding hydrogens is 528 g/mol. The number of aromatic nitrogens is 1. The molecule has 5 heteroatoms. The number of fused-ring (bicyclic) bond motifs is 1. The van der Waals surface area contributed by atoms with Crippen LogP contribution in [0, 0.1) is 6.92 Å². The molecule has 4 aromatic rings. The van der Waals surface area contributed by atoms with Crippen LogP contribution in [0.15, 0.2) is 103 Å². The molecule has 3 N–H and O–H groups in total. The van der Waals surface area contributed by atoms with Crippen LogP contribution < -0.4 is 16.2 Å². The quantitative estimate of drug-likeness (QED) is 0.0626. The number of nitrogens with zero attached hydrogens (tertiary/aromatic N) is 1. The van der Waals surface area contributed by atoms with Gasteiger partial charge in [0.15, 0.2) is 0 Å². The molecule has 0 spiro atoms. The number of hydrogen-bond donors (Lipinski definition) is 3. The Kier molecular flexibility index (Phi) is 12.4. The molecule has 43 heavy (non-hydrogen) atoms. The van der Waals surface area contributed by atoms with Crippen LogP contribution in [0.2, 0.25) is 0 Å². The number of allylic oxidation sites excluding steroid dienone is 1. The molecule has 0 bridgehead atoms. The van der Waals surface area contributed by atoms with E-state index in [0.717, 1.165) is 55.9 Å². The number of unbranched alkanes of at least 4 members (excludes halogenated alkanes) is 2. The summed E-state index contributed by atoms with van der Waals surface area (Å²) in [6.45, 7) is 17.1. The van der Waals surface area contributed by atoms with E-state index in [0.29, 0.717) is 6.61 Å². The van der Waals surface area contributed by atoms with Gasteiger partial charge in [-0.15, -0.1) is 6.58 Å². The van der Waals surface area contributed by atoms with E-state index in [4.69, 9.17) is 4.74 Å². The second-order valence-electron chi connectivity index (χ2n) is 11.5. The van der Waals surface area contributed by atoms with Gasteiger partial charge in [0, 0.05) is 25.0 Å². The lowest BCUT2D eigenvalue weighted by atomic mass is 9.93. The zero-order chi connectivity index (χ0) is 30.4. The number of ether oxygens (including phenoxy) is 1. The largest absolute Gasteiger partial charge is 0.377 e. The smallest absolute Gasteiger partial charge is 0.126 e. The minimum absolute atomic E-state index is 0.0851. The van der Waals surface area contributed by atoms with Crippen LogP contribution in [-0.4, -0.2) is 18.1 Å². The van der Waals surface area contributed by atoms with Crippen molar-refractivity contribution in [3.8, 4) is 11.1 Å². The van der Waals surface area contributed by atoms with Gasteiger partial charge < -0.3 is 15.5 Å². The van der Waals surface area contributed by atoms with Crippen molar-refractivity contribution >= 4 is 16.6 Å². The van der Waals surface area contributed by atoms with Gasteiger partial charge in [0.2, 0.25) is 0 Å². The first-order valence-corrected chi connectivity index (χ1v) is 15.6. The van der Waals surface area contributed by atoms with Crippen LogP contribution in [0.1, 0.15) is 75.1 Å². The minimum Gasteiger partial charge on any atom is -0.377 e. The Hall–Kier alpha value is -3.93. The number of benzene rings is 3. The van der Waals surface area contributed by atoms with Crippen molar-refractivity contribution in [2.24, 2.45) is 0 Å². The first-order valence-electron chi connectivity index (χ1n) is 15.6.